The Morgan fingerprint density at radius 1 is 1.21 bits per heavy atom. The SMILES string of the molecule is CC(C)C[C@H](NC(=O)[C@H](CCCN=C(N)N[N+](=O)[O-])CC(=O)[C@@H](C)c1ccccc1)B(O)O. The predicted molar refractivity (Wildman–Crippen MR) is 125 cm³/mol. The summed E-state index contributed by atoms with van der Waals surface area (Å²) >= 11 is 0. The van der Waals surface area contributed by atoms with E-state index in [1.54, 1.807) is 12.3 Å². The van der Waals surface area contributed by atoms with Crippen molar-refractivity contribution in [3.63, 3.8) is 0 Å². The number of benzene rings is 1. The van der Waals surface area contributed by atoms with Gasteiger partial charge in [0.25, 0.3) is 5.96 Å². The molecule has 0 unspecified atom stereocenters. The van der Waals surface area contributed by atoms with Crippen LogP contribution in [0.1, 0.15) is 57.9 Å². The molecular weight excluding hydrogens is 429 g/mol. The molecule has 0 aliphatic carbocycles. The van der Waals surface area contributed by atoms with Crippen molar-refractivity contribution in [2.75, 3.05) is 6.54 Å². The first-order valence-electron chi connectivity index (χ1n) is 11.0. The fourth-order valence-electron chi connectivity index (χ4n) is 3.40. The quantitative estimate of drug-likeness (QED) is 0.0670. The lowest BCUT2D eigenvalue weighted by atomic mass is 9.74. The van der Waals surface area contributed by atoms with Crippen molar-refractivity contribution in [1.29, 1.82) is 0 Å². The molecule has 0 spiro atoms. The predicted octanol–water partition coefficient (Wildman–Crippen LogP) is 0.785. The van der Waals surface area contributed by atoms with E-state index in [4.69, 9.17) is 5.73 Å². The third-order valence-electron chi connectivity index (χ3n) is 5.21. The lowest BCUT2D eigenvalue weighted by Crippen LogP contribution is -2.49. The van der Waals surface area contributed by atoms with Gasteiger partial charge in [0.15, 0.2) is 5.03 Å². The highest BCUT2D eigenvalue weighted by atomic mass is 16.7. The molecule has 1 aromatic carbocycles. The first-order valence-corrected chi connectivity index (χ1v) is 11.0. The molecule has 0 radical (unpaired) electrons. The fraction of sp³-hybridized carbons (Fsp3) is 0.571. The molecule has 0 heterocycles. The molecule has 6 N–H and O–H groups in total. The van der Waals surface area contributed by atoms with Gasteiger partial charge in [-0.3, -0.25) is 9.59 Å². The second kappa shape index (κ2) is 14.2. The molecule has 1 amide bonds. The second-order valence-corrected chi connectivity index (χ2v) is 8.44. The average molecular weight is 463 g/mol. The van der Waals surface area contributed by atoms with Crippen LogP contribution in [0.25, 0.3) is 0 Å². The number of Topliss-reactive ketones (excluding diaryl/α,β-unsaturated/α-hetero) is 1. The number of amides is 1. The number of rotatable bonds is 14. The van der Waals surface area contributed by atoms with Crippen molar-refractivity contribution in [2.45, 2.75) is 58.3 Å². The largest absolute Gasteiger partial charge is 0.475 e. The molecule has 0 aromatic heterocycles. The van der Waals surface area contributed by atoms with E-state index >= 15 is 0 Å². The highest BCUT2D eigenvalue weighted by molar-refractivity contribution is 6.43. The Bertz CT molecular complexity index is 806. The zero-order valence-corrected chi connectivity index (χ0v) is 19.3. The van der Waals surface area contributed by atoms with Gasteiger partial charge in [-0.05, 0) is 30.7 Å². The summed E-state index contributed by atoms with van der Waals surface area (Å²) in [5.41, 5.74) is 7.97. The number of hydrogen-bond donors (Lipinski definition) is 5. The molecule has 0 saturated heterocycles. The maximum atomic E-state index is 13.0. The zero-order valence-electron chi connectivity index (χ0n) is 19.3. The van der Waals surface area contributed by atoms with Gasteiger partial charge in [0.05, 0.1) is 5.94 Å². The van der Waals surface area contributed by atoms with Crippen LogP contribution in [0, 0.1) is 22.0 Å². The molecule has 1 rings (SSSR count). The Labute approximate surface area is 194 Å². The van der Waals surface area contributed by atoms with Gasteiger partial charge in [0.2, 0.25) is 5.91 Å². The molecule has 1 aromatic rings. The van der Waals surface area contributed by atoms with Crippen LogP contribution < -0.4 is 16.5 Å². The van der Waals surface area contributed by atoms with Crippen LogP contribution in [-0.2, 0) is 9.59 Å². The van der Waals surface area contributed by atoms with Crippen LogP contribution in [0.2, 0.25) is 0 Å². The van der Waals surface area contributed by atoms with Crippen LogP contribution in [0.3, 0.4) is 0 Å². The van der Waals surface area contributed by atoms with E-state index < -0.39 is 35.8 Å². The van der Waals surface area contributed by atoms with Crippen LogP contribution in [0.4, 0.5) is 0 Å². The summed E-state index contributed by atoms with van der Waals surface area (Å²) in [7, 11) is -1.73. The van der Waals surface area contributed by atoms with E-state index in [1.165, 1.54) is 0 Å². The number of aliphatic imine (C=N–C) groups is 1. The maximum Gasteiger partial charge on any atom is 0.475 e. The van der Waals surface area contributed by atoms with Crippen molar-refractivity contribution in [2.24, 2.45) is 22.6 Å². The number of nitrogens with one attached hydrogen (secondary N) is 2. The molecule has 182 valence electrons. The molecule has 12 heteroatoms. The topological polar surface area (TPSA) is 180 Å². The molecule has 0 aliphatic heterocycles. The molecule has 0 fully saturated rings. The fourth-order valence-corrected chi connectivity index (χ4v) is 3.40. The van der Waals surface area contributed by atoms with Crippen LogP contribution >= 0.6 is 0 Å². The van der Waals surface area contributed by atoms with E-state index in [0.29, 0.717) is 12.8 Å². The minimum Gasteiger partial charge on any atom is -0.426 e. The van der Waals surface area contributed by atoms with Gasteiger partial charge in [-0.1, -0.05) is 56.5 Å². The van der Waals surface area contributed by atoms with E-state index in [0.717, 1.165) is 5.56 Å². The Morgan fingerprint density at radius 3 is 2.39 bits per heavy atom. The van der Waals surface area contributed by atoms with E-state index in [-0.39, 0.29) is 37.0 Å². The lowest BCUT2D eigenvalue weighted by Gasteiger charge is -2.24. The zero-order chi connectivity index (χ0) is 25.0. The first kappa shape index (κ1) is 28.0. The van der Waals surface area contributed by atoms with Gasteiger partial charge in [0.1, 0.15) is 5.78 Å². The molecule has 3 atom stereocenters. The van der Waals surface area contributed by atoms with Crippen molar-refractivity contribution >= 4 is 24.8 Å². The molecule has 33 heavy (non-hydrogen) atoms. The summed E-state index contributed by atoms with van der Waals surface area (Å²) in [6.07, 6.45) is 0.938. The van der Waals surface area contributed by atoms with Crippen LogP contribution in [-0.4, -0.2) is 52.3 Å². The van der Waals surface area contributed by atoms with Gasteiger partial charge < -0.3 is 21.1 Å². The standard InChI is InChI=1S/C21H34BN5O6/c1-14(2)12-19(22(30)31)25-20(29)17(10-7-11-24-21(23)26-27(32)33)13-18(28)15(3)16-8-5-4-6-9-16/h4-6,8-9,14-15,17,19,30-31H,7,10-13H2,1-3H3,(H,25,29)(H3,23,24,26)/t15-,17+,19-/m0/s1. The molecule has 0 aliphatic rings. The summed E-state index contributed by atoms with van der Waals surface area (Å²) in [5.74, 6) is -2.81. The second-order valence-electron chi connectivity index (χ2n) is 8.44. The van der Waals surface area contributed by atoms with E-state index in [2.05, 4.69) is 10.3 Å². The minimum absolute atomic E-state index is 0.0375. The summed E-state index contributed by atoms with van der Waals surface area (Å²) < 4.78 is 0. The van der Waals surface area contributed by atoms with Crippen LogP contribution in [0.15, 0.2) is 35.3 Å². The number of nitro groups is 1. The van der Waals surface area contributed by atoms with Crippen molar-refractivity contribution in [3.8, 4) is 0 Å². The Balaban J connectivity index is 2.88. The summed E-state index contributed by atoms with van der Waals surface area (Å²) in [5, 5.41) is 31.5. The van der Waals surface area contributed by atoms with E-state index in [1.807, 2.05) is 44.2 Å². The number of nitrogens with two attached hydrogens (primary N) is 1. The summed E-state index contributed by atoms with van der Waals surface area (Å²) in [6, 6.07) is 9.22. The molecule has 0 bridgehead atoms. The van der Waals surface area contributed by atoms with E-state index in [9.17, 15) is 29.8 Å². The van der Waals surface area contributed by atoms with Crippen molar-refractivity contribution < 1.29 is 24.7 Å². The van der Waals surface area contributed by atoms with Gasteiger partial charge in [-0.2, -0.15) is 0 Å². The van der Waals surface area contributed by atoms with Gasteiger partial charge in [-0.15, -0.1) is 0 Å². The van der Waals surface area contributed by atoms with Crippen LogP contribution in [0.5, 0.6) is 0 Å². The molecule has 0 saturated carbocycles. The normalized spacial score (nSPS) is 14.3. The summed E-state index contributed by atoms with van der Waals surface area (Å²) in [4.78, 5) is 40.1. The number of ketones is 1. The third kappa shape index (κ3) is 10.9. The van der Waals surface area contributed by atoms with Gasteiger partial charge in [-0.25, -0.2) is 15.1 Å². The monoisotopic (exact) mass is 463 g/mol. The number of nitrogens with zero attached hydrogens (tertiary/aromatic N) is 2. The Hall–Kier alpha value is -2.99. The molecule has 11 nitrogen and oxygen atoms in total. The molecular formula is C21H34BN5O6. The number of guanidine groups is 1. The number of carbonyl (C=O) groups excluding carboxylic acids is 2. The Kier molecular flexibility index (Phi) is 12.1. The Morgan fingerprint density at radius 2 is 1.85 bits per heavy atom. The highest BCUT2D eigenvalue weighted by Gasteiger charge is 2.31. The lowest BCUT2D eigenvalue weighted by molar-refractivity contribution is -0.525. The average Bonchev–Trinajstić information content (AvgIpc) is 2.74. The third-order valence-corrected chi connectivity index (χ3v) is 5.21. The highest BCUT2D eigenvalue weighted by Crippen LogP contribution is 2.22. The number of carbonyl (C=O) groups is 2. The van der Waals surface area contributed by atoms with Crippen molar-refractivity contribution in [3.05, 3.63) is 46.0 Å². The number of hydrogen-bond acceptors (Lipinski definition) is 7. The smallest absolute Gasteiger partial charge is 0.426 e. The minimum atomic E-state index is -1.73. The summed E-state index contributed by atoms with van der Waals surface area (Å²) in [6.45, 7) is 5.69. The maximum absolute atomic E-state index is 13.0. The number of hydrazine groups is 1. The first-order chi connectivity index (χ1) is 15.5. The van der Waals surface area contributed by atoms with Crippen molar-refractivity contribution in [1.82, 2.24) is 10.7 Å². The van der Waals surface area contributed by atoms with Gasteiger partial charge in [0, 0.05) is 24.8 Å². The van der Waals surface area contributed by atoms with Gasteiger partial charge >= 0.3 is 7.12 Å².